The predicted molar refractivity (Wildman–Crippen MR) is 116 cm³/mol. The molecule has 1 unspecified atom stereocenters. The van der Waals surface area contributed by atoms with E-state index in [9.17, 15) is 13.2 Å². The van der Waals surface area contributed by atoms with Crippen LogP contribution >= 0.6 is 0 Å². The fourth-order valence-electron chi connectivity index (χ4n) is 4.87. The van der Waals surface area contributed by atoms with Crippen molar-refractivity contribution < 1.29 is 17.9 Å². The first-order valence-electron chi connectivity index (χ1n) is 11.0. The van der Waals surface area contributed by atoms with Gasteiger partial charge in [-0.25, -0.2) is 8.42 Å². The summed E-state index contributed by atoms with van der Waals surface area (Å²) in [6.07, 6.45) is 4.69. The van der Waals surface area contributed by atoms with Crippen molar-refractivity contribution in [3.8, 4) is 0 Å². The lowest BCUT2D eigenvalue weighted by molar-refractivity contribution is -0.135. The molecule has 2 saturated heterocycles. The van der Waals surface area contributed by atoms with Crippen LogP contribution in [-0.2, 0) is 25.0 Å². The Hall–Kier alpha value is -1.48. The van der Waals surface area contributed by atoms with Gasteiger partial charge >= 0.3 is 0 Å². The van der Waals surface area contributed by atoms with Crippen molar-refractivity contribution in [2.45, 2.75) is 37.1 Å². The molecule has 2 aliphatic heterocycles. The molecule has 3 fully saturated rings. The lowest BCUT2D eigenvalue weighted by Gasteiger charge is -2.40. The molecule has 0 spiro atoms. The van der Waals surface area contributed by atoms with E-state index in [0.717, 1.165) is 44.3 Å². The minimum atomic E-state index is -3.35. The number of likely N-dealkylation sites (tertiary alicyclic amines) is 1. The highest BCUT2D eigenvalue weighted by Gasteiger charge is 2.53. The molecule has 1 atom stereocenters. The molecular formula is C22H33N3O4S. The maximum absolute atomic E-state index is 13.4. The van der Waals surface area contributed by atoms with E-state index in [2.05, 4.69) is 4.90 Å². The third-order valence-corrected chi connectivity index (χ3v) is 8.08. The van der Waals surface area contributed by atoms with Crippen molar-refractivity contribution in [1.82, 2.24) is 14.1 Å². The number of hydrogen-bond donors (Lipinski definition) is 0. The Morgan fingerprint density at radius 3 is 2.50 bits per heavy atom. The lowest BCUT2D eigenvalue weighted by Crippen LogP contribution is -2.54. The standard InChI is InChI=1S/C22H33N3O4S/c1-30(27,28)25(13-12-23-14-16-29-17-15-23)20-8-5-11-24(18-20)21(26)22(9-10-22)19-6-3-2-4-7-19/h2-4,6-7,20H,5,8-18H2,1H3. The maximum Gasteiger partial charge on any atom is 0.233 e. The van der Waals surface area contributed by atoms with E-state index >= 15 is 0 Å². The quantitative estimate of drug-likeness (QED) is 0.646. The van der Waals surface area contributed by atoms with Crippen molar-refractivity contribution in [3.63, 3.8) is 0 Å². The molecule has 1 aliphatic carbocycles. The molecule has 3 aliphatic rings. The Labute approximate surface area is 180 Å². The fraction of sp³-hybridized carbons (Fsp3) is 0.682. The highest BCUT2D eigenvalue weighted by atomic mass is 32.2. The number of ether oxygens (including phenoxy) is 1. The Morgan fingerprint density at radius 1 is 1.17 bits per heavy atom. The fourth-order valence-corrected chi connectivity index (χ4v) is 6.00. The molecule has 30 heavy (non-hydrogen) atoms. The highest BCUT2D eigenvalue weighted by Crippen LogP contribution is 2.49. The average molecular weight is 436 g/mol. The van der Waals surface area contributed by atoms with Crippen molar-refractivity contribution in [1.29, 1.82) is 0 Å². The van der Waals surface area contributed by atoms with Crippen LogP contribution in [0.4, 0.5) is 0 Å². The van der Waals surface area contributed by atoms with Gasteiger partial charge in [-0.3, -0.25) is 9.69 Å². The first-order chi connectivity index (χ1) is 14.4. The van der Waals surface area contributed by atoms with Gasteiger partial charge in [-0.1, -0.05) is 30.3 Å². The van der Waals surface area contributed by atoms with E-state index in [1.165, 1.54) is 6.26 Å². The van der Waals surface area contributed by atoms with Gasteiger partial charge in [0.25, 0.3) is 0 Å². The normalized spacial score (nSPS) is 24.7. The number of hydrogen-bond acceptors (Lipinski definition) is 5. The van der Waals surface area contributed by atoms with Gasteiger partial charge in [-0.15, -0.1) is 0 Å². The number of carbonyl (C=O) groups excluding carboxylic acids is 1. The number of carbonyl (C=O) groups is 1. The molecule has 1 saturated carbocycles. The van der Waals surface area contributed by atoms with Crippen LogP contribution in [0.15, 0.2) is 30.3 Å². The topological polar surface area (TPSA) is 70.2 Å². The number of nitrogens with zero attached hydrogens (tertiary/aromatic N) is 3. The summed E-state index contributed by atoms with van der Waals surface area (Å²) in [6.45, 7) is 5.45. The van der Waals surface area contributed by atoms with E-state index in [4.69, 9.17) is 4.74 Å². The zero-order valence-corrected chi connectivity index (χ0v) is 18.6. The van der Waals surface area contributed by atoms with Crippen LogP contribution in [0.25, 0.3) is 0 Å². The predicted octanol–water partition coefficient (Wildman–Crippen LogP) is 1.30. The lowest BCUT2D eigenvalue weighted by atomic mass is 9.93. The van der Waals surface area contributed by atoms with Gasteiger partial charge < -0.3 is 9.64 Å². The summed E-state index contributed by atoms with van der Waals surface area (Å²) >= 11 is 0. The summed E-state index contributed by atoms with van der Waals surface area (Å²) in [5, 5.41) is 0. The molecule has 166 valence electrons. The molecule has 0 bridgehead atoms. The molecule has 0 radical (unpaired) electrons. The van der Waals surface area contributed by atoms with Crippen molar-refractivity contribution in [3.05, 3.63) is 35.9 Å². The molecule has 4 rings (SSSR count). The van der Waals surface area contributed by atoms with Gasteiger partial charge in [-0.2, -0.15) is 4.31 Å². The molecule has 2 heterocycles. The monoisotopic (exact) mass is 435 g/mol. The summed E-state index contributed by atoms with van der Waals surface area (Å²) in [5.41, 5.74) is 0.691. The van der Waals surface area contributed by atoms with Gasteiger partial charge in [-0.05, 0) is 31.2 Å². The molecule has 1 aromatic rings. The number of sulfonamides is 1. The second kappa shape index (κ2) is 8.94. The van der Waals surface area contributed by atoms with Crippen molar-refractivity contribution >= 4 is 15.9 Å². The zero-order chi connectivity index (χ0) is 21.2. The minimum absolute atomic E-state index is 0.148. The van der Waals surface area contributed by atoms with Gasteiger partial charge in [0, 0.05) is 45.3 Å². The van der Waals surface area contributed by atoms with E-state index in [1.54, 1.807) is 4.31 Å². The SMILES string of the molecule is CS(=O)(=O)N(CCN1CCOCC1)C1CCCN(C(=O)C2(c3ccccc3)CC2)C1. The second-order valence-corrected chi connectivity index (χ2v) is 10.8. The van der Waals surface area contributed by atoms with Crippen LogP contribution in [0.1, 0.15) is 31.2 Å². The largest absolute Gasteiger partial charge is 0.379 e. The van der Waals surface area contributed by atoms with E-state index in [-0.39, 0.29) is 11.9 Å². The summed E-state index contributed by atoms with van der Waals surface area (Å²) < 4.78 is 32.2. The van der Waals surface area contributed by atoms with Gasteiger partial charge in [0.1, 0.15) is 0 Å². The number of rotatable bonds is 7. The van der Waals surface area contributed by atoms with Crippen LogP contribution in [0.2, 0.25) is 0 Å². The summed E-state index contributed by atoms with van der Waals surface area (Å²) in [7, 11) is -3.35. The first-order valence-corrected chi connectivity index (χ1v) is 12.9. The Kier molecular flexibility index (Phi) is 6.48. The van der Waals surface area contributed by atoms with E-state index in [1.807, 2.05) is 35.2 Å². The minimum Gasteiger partial charge on any atom is -0.379 e. The molecule has 8 heteroatoms. The summed E-state index contributed by atoms with van der Waals surface area (Å²) in [5.74, 6) is 0.167. The smallest absolute Gasteiger partial charge is 0.233 e. The molecular weight excluding hydrogens is 402 g/mol. The van der Waals surface area contributed by atoms with Crippen molar-refractivity contribution in [2.75, 3.05) is 58.7 Å². The summed E-state index contributed by atoms with van der Waals surface area (Å²) in [4.78, 5) is 17.6. The third-order valence-electron chi connectivity index (χ3n) is 6.74. The number of morpholine rings is 1. The third kappa shape index (κ3) is 4.72. The van der Waals surface area contributed by atoms with E-state index in [0.29, 0.717) is 39.4 Å². The maximum atomic E-state index is 13.4. The molecule has 7 nitrogen and oxygen atoms in total. The Bertz CT molecular complexity index is 835. The van der Waals surface area contributed by atoms with Crippen LogP contribution in [0.5, 0.6) is 0 Å². The Balaban J connectivity index is 1.44. The van der Waals surface area contributed by atoms with Crippen LogP contribution < -0.4 is 0 Å². The number of benzene rings is 1. The molecule has 0 aromatic heterocycles. The highest BCUT2D eigenvalue weighted by molar-refractivity contribution is 7.88. The number of amides is 1. The van der Waals surface area contributed by atoms with Crippen LogP contribution in [-0.4, -0.2) is 93.2 Å². The summed E-state index contributed by atoms with van der Waals surface area (Å²) in [6, 6.07) is 9.87. The van der Waals surface area contributed by atoms with Gasteiger partial charge in [0.2, 0.25) is 15.9 Å². The molecule has 0 N–H and O–H groups in total. The van der Waals surface area contributed by atoms with Gasteiger partial charge in [0.05, 0.1) is 24.9 Å². The van der Waals surface area contributed by atoms with Crippen LogP contribution in [0.3, 0.4) is 0 Å². The first kappa shape index (κ1) is 21.7. The number of piperidine rings is 1. The molecule has 1 amide bonds. The van der Waals surface area contributed by atoms with Crippen LogP contribution in [0, 0.1) is 0 Å². The average Bonchev–Trinajstić information content (AvgIpc) is 3.56. The van der Waals surface area contributed by atoms with Crippen molar-refractivity contribution in [2.24, 2.45) is 0 Å². The Morgan fingerprint density at radius 2 is 1.87 bits per heavy atom. The molecule has 1 aromatic carbocycles. The van der Waals surface area contributed by atoms with Gasteiger partial charge in [0.15, 0.2) is 0 Å². The zero-order valence-electron chi connectivity index (χ0n) is 17.8. The van der Waals surface area contributed by atoms with E-state index < -0.39 is 15.4 Å². The second-order valence-electron chi connectivity index (χ2n) is 8.82.